The van der Waals surface area contributed by atoms with Gasteiger partial charge in [-0.1, -0.05) is 18.5 Å². The molecule has 0 N–H and O–H groups in total. The number of carbonyl (C=O) groups is 1. The molecule has 8 heteroatoms. The largest absolute Gasteiger partial charge is 0.457 e. The number of halogens is 1. The van der Waals surface area contributed by atoms with Gasteiger partial charge in [-0.05, 0) is 61.7 Å². The Morgan fingerprint density at radius 2 is 1.90 bits per heavy atom. The molecule has 0 aliphatic carbocycles. The van der Waals surface area contributed by atoms with E-state index in [4.69, 9.17) is 16.3 Å². The summed E-state index contributed by atoms with van der Waals surface area (Å²) in [5.41, 5.74) is 4.70. The van der Waals surface area contributed by atoms with Crippen molar-refractivity contribution < 1.29 is 14.5 Å². The molecule has 0 fully saturated rings. The molecule has 0 amide bonds. The van der Waals surface area contributed by atoms with Gasteiger partial charge in [0, 0.05) is 17.8 Å². The Morgan fingerprint density at radius 3 is 2.48 bits per heavy atom. The lowest BCUT2D eigenvalue weighted by atomic mass is 10.1. The average Bonchev–Trinajstić information content (AvgIpc) is 3.00. The number of rotatable bonds is 6. The van der Waals surface area contributed by atoms with Gasteiger partial charge in [-0.3, -0.25) is 10.1 Å². The van der Waals surface area contributed by atoms with Crippen molar-refractivity contribution in [3.8, 4) is 5.69 Å². The van der Waals surface area contributed by atoms with Gasteiger partial charge >= 0.3 is 5.97 Å². The molecule has 7 nitrogen and oxygen atoms in total. The predicted molar refractivity (Wildman–Crippen MR) is 110 cm³/mol. The Kier molecular flexibility index (Phi) is 5.98. The maximum atomic E-state index is 12.6. The maximum Gasteiger partial charge on any atom is 0.340 e. The number of non-ortho nitro benzene ring substituents is 1. The topological polar surface area (TPSA) is 87.3 Å². The second-order valence-electron chi connectivity index (χ2n) is 6.58. The van der Waals surface area contributed by atoms with Gasteiger partial charge in [-0.15, -0.1) is 0 Å². The molecule has 3 aromatic rings. The molecule has 3 rings (SSSR count). The summed E-state index contributed by atoms with van der Waals surface area (Å²) >= 11 is 6.21. The average molecular weight is 414 g/mol. The van der Waals surface area contributed by atoms with Crippen molar-refractivity contribution >= 4 is 23.3 Å². The van der Waals surface area contributed by atoms with Crippen LogP contribution in [0.1, 0.15) is 39.8 Å². The minimum atomic E-state index is -0.576. The minimum Gasteiger partial charge on any atom is -0.457 e. The fourth-order valence-corrected chi connectivity index (χ4v) is 3.37. The predicted octanol–water partition coefficient (Wildman–Crippen LogP) is 4.97. The van der Waals surface area contributed by atoms with Crippen LogP contribution < -0.4 is 0 Å². The molecule has 2 aromatic carbocycles. The van der Waals surface area contributed by atoms with Crippen LogP contribution in [-0.4, -0.2) is 20.7 Å². The van der Waals surface area contributed by atoms with Crippen molar-refractivity contribution in [1.82, 2.24) is 9.78 Å². The minimum absolute atomic E-state index is 0.0166. The zero-order valence-electron chi connectivity index (χ0n) is 16.3. The molecular formula is C21H20ClN3O4. The van der Waals surface area contributed by atoms with E-state index in [0.717, 1.165) is 23.5 Å². The summed E-state index contributed by atoms with van der Waals surface area (Å²) in [5, 5.41) is 15.6. The van der Waals surface area contributed by atoms with E-state index in [1.165, 1.54) is 17.7 Å². The van der Waals surface area contributed by atoms with Crippen LogP contribution in [0.25, 0.3) is 5.69 Å². The summed E-state index contributed by atoms with van der Waals surface area (Å²) in [6.45, 7) is 6.00. The lowest BCUT2D eigenvalue weighted by Crippen LogP contribution is -2.08. The van der Waals surface area contributed by atoms with E-state index < -0.39 is 10.9 Å². The molecule has 0 bridgehead atoms. The highest BCUT2D eigenvalue weighted by Crippen LogP contribution is 2.24. The fraction of sp³-hybridized carbons (Fsp3) is 0.238. The second kappa shape index (κ2) is 8.45. The van der Waals surface area contributed by atoms with Crippen molar-refractivity contribution in [2.45, 2.75) is 33.8 Å². The molecular weight excluding hydrogens is 394 g/mol. The summed E-state index contributed by atoms with van der Waals surface area (Å²) in [7, 11) is 0. The normalized spacial score (nSPS) is 10.8. The van der Waals surface area contributed by atoms with Gasteiger partial charge in [0.05, 0.1) is 26.9 Å². The second-order valence-corrected chi connectivity index (χ2v) is 6.99. The van der Waals surface area contributed by atoms with Crippen molar-refractivity contribution in [3.05, 3.63) is 85.7 Å². The smallest absolute Gasteiger partial charge is 0.340 e. The van der Waals surface area contributed by atoms with Gasteiger partial charge < -0.3 is 4.74 Å². The van der Waals surface area contributed by atoms with Crippen LogP contribution in [0.4, 0.5) is 5.69 Å². The van der Waals surface area contributed by atoms with Crippen molar-refractivity contribution in [1.29, 1.82) is 0 Å². The highest BCUT2D eigenvalue weighted by Gasteiger charge is 2.17. The number of ether oxygens (including phenoxy) is 1. The van der Waals surface area contributed by atoms with Crippen molar-refractivity contribution in [2.24, 2.45) is 0 Å². The number of nitrogens with zero attached hydrogens (tertiary/aromatic N) is 3. The molecule has 0 aliphatic heterocycles. The van der Waals surface area contributed by atoms with Gasteiger partial charge in [0.15, 0.2) is 0 Å². The van der Waals surface area contributed by atoms with Crippen LogP contribution in [0.15, 0.2) is 42.5 Å². The summed E-state index contributed by atoms with van der Waals surface area (Å²) in [6, 6.07) is 10.9. The molecule has 0 aliphatic rings. The zero-order chi connectivity index (χ0) is 21.1. The first-order valence-electron chi connectivity index (χ1n) is 9.07. The molecule has 0 atom stereocenters. The Morgan fingerprint density at radius 1 is 1.21 bits per heavy atom. The highest BCUT2D eigenvalue weighted by molar-refractivity contribution is 6.33. The number of esters is 1. The van der Waals surface area contributed by atoms with E-state index in [2.05, 4.69) is 12.0 Å². The van der Waals surface area contributed by atoms with Gasteiger partial charge in [-0.25, -0.2) is 9.48 Å². The van der Waals surface area contributed by atoms with Crippen molar-refractivity contribution in [3.63, 3.8) is 0 Å². The maximum absolute atomic E-state index is 12.6. The van der Waals surface area contributed by atoms with E-state index in [1.807, 2.05) is 13.8 Å². The molecule has 0 spiro atoms. The number of aryl methyl sites for hydroxylation is 1. The Hall–Kier alpha value is -3.19. The summed E-state index contributed by atoms with van der Waals surface area (Å²) in [5.74, 6) is -0.576. The third-order valence-electron chi connectivity index (χ3n) is 4.73. The third kappa shape index (κ3) is 4.30. The first-order chi connectivity index (χ1) is 13.8. The molecule has 0 radical (unpaired) electrons. The Labute approximate surface area is 173 Å². The first-order valence-corrected chi connectivity index (χ1v) is 9.45. The van der Waals surface area contributed by atoms with E-state index in [0.29, 0.717) is 5.56 Å². The number of hydrogen-bond acceptors (Lipinski definition) is 5. The van der Waals surface area contributed by atoms with E-state index >= 15 is 0 Å². The van der Waals surface area contributed by atoms with Crippen LogP contribution >= 0.6 is 11.6 Å². The monoisotopic (exact) mass is 413 g/mol. The van der Waals surface area contributed by atoms with E-state index in [9.17, 15) is 14.9 Å². The van der Waals surface area contributed by atoms with Crippen LogP contribution in [0, 0.1) is 24.0 Å². The molecule has 0 saturated heterocycles. The first kappa shape index (κ1) is 20.5. The van der Waals surface area contributed by atoms with Crippen LogP contribution in [-0.2, 0) is 17.8 Å². The van der Waals surface area contributed by atoms with Crippen LogP contribution in [0.3, 0.4) is 0 Å². The lowest BCUT2D eigenvalue weighted by molar-refractivity contribution is -0.384. The van der Waals surface area contributed by atoms with Gasteiger partial charge in [0.2, 0.25) is 0 Å². The van der Waals surface area contributed by atoms with E-state index in [-0.39, 0.29) is 22.9 Å². The zero-order valence-corrected chi connectivity index (χ0v) is 17.1. The molecule has 1 aromatic heterocycles. The van der Waals surface area contributed by atoms with Gasteiger partial charge in [0.25, 0.3) is 5.69 Å². The number of nitro benzene ring substituents is 1. The number of hydrogen-bond donors (Lipinski definition) is 0. The SMILES string of the molecule is CCc1c(C)nn(-c2ccc(Cl)c(C(=O)OCc3ccc([N+](=O)[O-])cc3)c2)c1C. The van der Waals surface area contributed by atoms with Crippen LogP contribution in [0.2, 0.25) is 5.02 Å². The van der Waals surface area contributed by atoms with Gasteiger partial charge in [-0.2, -0.15) is 5.10 Å². The van der Waals surface area contributed by atoms with Crippen molar-refractivity contribution in [2.75, 3.05) is 0 Å². The fourth-order valence-electron chi connectivity index (χ4n) is 3.18. The third-order valence-corrected chi connectivity index (χ3v) is 5.06. The molecule has 29 heavy (non-hydrogen) atoms. The molecule has 0 saturated carbocycles. The number of nitro groups is 1. The van der Waals surface area contributed by atoms with E-state index in [1.54, 1.807) is 35.0 Å². The Bertz CT molecular complexity index is 1070. The van der Waals surface area contributed by atoms with Gasteiger partial charge in [0.1, 0.15) is 6.61 Å². The quantitative estimate of drug-likeness (QED) is 0.323. The molecule has 0 unspecified atom stereocenters. The summed E-state index contributed by atoms with van der Waals surface area (Å²) in [6.07, 6.45) is 0.870. The summed E-state index contributed by atoms with van der Waals surface area (Å²) < 4.78 is 7.13. The molecule has 150 valence electrons. The highest BCUT2D eigenvalue weighted by atomic mass is 35.5. The number of benzene rings is 2. The summed E-state index contributed by atoms with van der Waals surface area (Å²) in [4.78, 5) is 22.8. The Balaban J connectivity index is 1.80. The lowest BCUT2D eigenvalue weighted by Gasteiger charge is -2.10. The number of carbonyl (C=O) groups excluding carboxylic acids is 1. The standard InChI is InChI=1S/C21H20ClN3O4/c1-4-18-13(2)23-24(14(18)3)17-9-10-20(22)19(11-17)21(26)29-12-15-5-7-16(8-6-15)25(27)28/h5-11H,4,12H2,1-3H3. The van der Waals surface area contributed by atoms with Crippen LogP contribution in [0.5, 0.6) is 0 Å². The number of aromatic nitrogens is 2. The molecule has 1 heterocycles.